The third-order valence-corrected chi connectivity index (χ3v) is 4.33. The van der Waals surface area contributed by atoms with Crippen LogP contribution in [0.4, 0.5) is 0 Å². The molecule has 0 amide bonds. The van der Waals surface area contributed by atoms with E-state index in [4.69, 9.17) is 10.5 Å². The highest BCUT2D eigenvalue weighted by Crippen LogP contribution is 2.31. The van der Waals surface area contributed by atoms with Gasteiger partial charge >= 0.3 is 0 Å². The summed E-state index contributed by atoms with van der Waals surface area (Å²) in [5, 5.41) is 0. The minimum atomic E-state index is 0.0340. The lowest BCUT2D eigenvalue weighted by Gasteiger charge is -2.20. The highest BCUT2D eigenvalue weighted by molar-refractivity contribution is 9.11. The smallest absolute Gasteiger partial charge is 0.106 e. The Morgan fingerprint density at radius 1 is 1.35 bits per heavy atom. The fourth-order valence-electron chi connectivity index (χ4n) is 1.71. The lowest BCUT2D eigenvalue weighted by molar-refractivity contribution is 0.0382. The van der Waals surface area contributed by atoms with Gasteiger partial charge in [0.25, 0.3) is 0 Å². The Kier molecular flexibility index (Phi) is 7.35. The van der Waals surface area contributed by atoms with Gasteiger partial charge in [0.2, 0.25) is 0 Å². The Hall–Kier alpha value is 0.1000. The first-order chi connectivity index (χ1) is 8.15. The van der Waals surface area contributed by atoms with Crippen molar-refractivity contribution in [2.24, 2.45) is 5.73 Å². The summed E-state index contributed by atoms with van der Waals surface area (Å²) in [7, 11) is 0. The van der Waals surface area contributed by atoms with Gasteiger partial charge in [0.05, 0.1) is 3.79 Å². The molecule has 2 nitrogen and oxygen atoms in total. The fraction of sp³-hybridized carbons (Fsp3) is 0.692. The molecular formula is C13H22BrNOS. The first kappa shape index (κ1) is 15.2. The zero-order valence-electron chi connectivity index (χ0n) is 10.6. The van der Waals surface area contributed by atoms with Crippen LogP contribution >= 0.6 is 27.3 Å². The van der Waals surface area contributed by atoms with Crippen LogP contribution in [0.1, 0.15) is 50.5 Å². The molecule has 2 atom stereocenters. The van der Waals surface area contributed by atoms with Gasteiger partial charge in [0.1, 0.15) is 6.10 Å². The van der Waals surface area contributed by atoms with Crippen LogP contribution in [0, 0.1) is 0 Å². The summed E-state index contributed by atoms with van der Waals surface area (Å²) in [6.45, 7) is 5.03. The van der Waals surface area contributed by atoms with Gasteiger partial charge in [-0.25, -0.2) is 0 Å². The second-order valence-electron chi connectivity index (χ2n) is 4.35. The van der Waals surface area contributed by atoms with E-state index < -0.39 is 0 Å². The van der Waals surface area contributed by atoms with Crippen LogP contribution < -0.4 is 5.73 Å². The molecule has 2 N–H and O–H groups in total. The Morgan fingerprint density at radius 2 is 2.12 bits per heavy atom. The molecule has 17 heavy (non-hydrogen) atoms. The Balaban J connectivity index is 2.39. The van der Waals surface area contributed by atoms with E-state index in [2.05, 4.69) is 35.0 Å². The average molecular weight is 320 g/mol. The Bertz CT molecular complexity index is 314. The topological polar surface area (TPSA) is 35.2 Å². The molecule has 0 aliphatic carbocycles. The first-order valence-corrected chi connectivity index (χ1v) is 7.88. The maximum Gasteiger partial charge on any atom is 0.106 e. The molecule has 1 rings (SSSR count). The van der Waals surface area contributed by atoms with Gasteiger partial charge in [-0.1, -0.05) is 26.2 Å². The van der Waals surface area contributed by atoms with Crippen molar-refractivity contribution in [2.45, 2.75) is 51.7 Å². The number of nitrogens with two attached hydrogens (primary N) is 1. The van der Waals surface area contributed by atoms with E-state index in [0.29, 0.717) is 0 Å². The first-order valence-electron chi connectivity index (χ1n) is 6.27. The van der Waals surface area contributed by atoms with Gasteiger partial charge < -0.3 is 10.5 Å². The molecule has 1 aromatic heterocycles. The van der Waals surface area contributed by atoms with Gasteiger partial charge in [0, 0.05) is 17.5 Å². The summed E-state index contributed by atoms with van der Waals surface area (Å²) >= 11 is 5.18. The number of hydrogen-bond donors (Lipinski definition) is 1. The van der Waals surface area contributed by atoms with E-state index in [1.807, 2.05) is 6.92 Å². The van der Waals surface area contributed by atoms with E-state index in [9.17, 15) is 0 Å². The number of halogens is 1. The van der Waals surface area contributed by atoms with Crippen molar-refractivity contribution in [3.8, 4) is 0 Å². The molecule has 4 heteroatoms. The average Bonchev–Trinajstić information content (AvgIpc) is 2.69. The second-order valence-corrected chi connectivity index (χ2v) is 6.85. The molecule has 0 aliphatic heterocycles. The van der Waals surface area contributed by atoms with Crippen LogP contribution in [0.2, 0.25) is 0 Å². The second kappa shape index (κ2) is 8.25. The SMILES string of the molecule is CCCCCCOC(c1ccc(Br)s1)C(C)N. The molecule has 0 saturated heterocycles. The summed E-state index contributed by atoms with van der Waals surface area (Å²) in [5.74, 6) is 0. The van der Waals surface area contributed by atoms with E-state index in [-0.39, 0.29) is 12.1 Å². The molecule has 0 aromatic carbocycles. The summed E-state index contributed by atoms with van der Waals surface area (Å²) in [4.78, 5) is 1.21. The standard InChI is InChI=1S/C13H22BrNOS/c1-3-4-5-6-9-16-13(10(2)15)11-7-8-12(14)17-11/h7-8,10,13H,3-6,9,15H2,1-2H3. The van der Waals surface area contributed by atoms with Crippen molar-refractivity contribution in [1.29, 1.82) is 0 Å². The molecule has 0 radical (unpaired) electrons. The minimum absolute atomic E-state index is 0.0340. The van der Waals surface area contributed by atoms with Gasteiger partial charge in [-0.05, 0) is 41.4 Å². The highest BCUT2D eigenvalue weighted by atomic mass is 79.9. The van der Waals surface area contributed by atoms with Crippen molar-refractivity contribution in [3.05, 3.63) is 20.8 Å². The maximum absolute atomic E-state index is 5.99. The fourth-order valence-corrected chi connectivity index (χ4v) is 3.30. The number of rotatable bonds is 8. The van der Waals surface area contributed by atoms with Gasteiger partial charge in [-0.15, -0.1) is 11.3 Å². The molecule has 0 saturated carbocycles. The minimum Gasteiger partial charge on any atom is -0.371 e. The van der Waals surface area contributed by atoms with E-state index in [1.54, 1.807) is 11.3 Å². The lowest BCUT2D eigenvalue weighted by atomic mass is 10.1. The van der Waals surface area contributed by atoms with Gasteiger partial charge in [-0.3, -0.25) is 0 Å². The predicted molar refractivity (Wildman–Crippen MR) is 78.5 cm³/mol. The van der Waals surface area contributed by atoms with Gasteiger partial charge in [-0.2, -0.15) is 0 Å². The molecule has 98 valence electrons. The predicted octanol–water partition coefficient (Wildman–Crippen LogP) is 4.50. The molecule has 1 heterocycles. The lowest BCUT2D eigenvalue weighted by Crippen LogP contribution is -2.26. The maximum atomic E-state index is 5.99. The van der Waals surface area contributed by atoms with E-state index >= 15 is 0 Å². The third kappa shape index (κ3) is 5.51. The zero-order chi connectivity index (χ0) is 12.7. The molecular weight excluding hydrogens is 298 g/mol. The Labute approximate surface area is 117 Å². The molecule has 0 spiro atoms. The van der Waals surface area contributed by atoms with Crippen LogP contribution in [-0.2, 0) is 4.74 Å². The largest absolute Gasteiger partial charge is 0.371 e. The molecule has 1 aromatic rings. The monoisotopic (exact) mass is 319 g/mol. The van der Waals surface area contributed by atoms with Crippen molar-refractivity contribution >= 4 is 27.3 Å². The normalized spacial score (nSPS) is 14.8. The van der Waals surface area contributed by atoms with Crippen LogP contribution in [0.3, 0.4) is 0 Å². The van der Waals surface area contributed by atoms with Crippen LogP contribution in [0.5, 0.6) is 0 Å². The summed E-state index contributed by atoms with van der Waals surface area (Å²) in [6, 6.07) is 4.18. The highest BCUT2D eigenvalue weighted by Gasteiger charge is 2.18. The Morgan fingerprint density at radius 3 is 2.65 bits per heavy atom. The van der Waals surface area contributed by atoms with Crippen molar-refractivity contribution in [3.63, 3.8) is 0 Å². The molecule has 0 aliphatic rings. The third-order valence-electron chi connectivity index (χ3n) is 2.65. The van der Waals surface area contributed by atoms with Crippen LogP contribution in [0.15, 0.2) is 15.9 Å². The molecule has 0 bridgehead atoms. The number of thiophene rings is 1. The van der Waals surface area contributed by atoms with Gasteiger partial charge in [0.15, 0.2) is 0 Å². The molecule has 2 unspecified atom stereocenters. The van der Waals surface area contributed by atoms with Crippen molar-refractivity contribution in [1.82, 2.24) is 0 Å². The number of unbranched alkanes of at least 4 members (excludes halogenated alkanes) is 3. The van der Waals surface area contributed by atoms with Crippen LogP contribution in [-0.4, -0.2) is 12.6 Å². The summed E-state index contributed by atoms with van der Waals surface area (Å²) in [5.41, 5.74) is 5.99. The summed E-state index contributed by atoms with van der Waals surface area (Å²) < 4.78 is 7.05. The van der Waals surface area contributed by atoms with E-state index in [1.165, 1.54) is 24.1 Å². The summed E-state index contributed by atoms with van der Waals surface area (Å²) in [6.07, 6.45) is 4.96. The quantitative estimate of drug-likeness (QED) is 0.716. The van der Waals surface area contributed by atoms with E-state index in [0.717, 1.165) is 16.8 Å². The number of ether oxygens (including phenoxy) is 1. The molecule has 0 fully saturated rings. The van der Waals surface area contributed by atoms with Crippen molar-refractivity contribution < 1.29 is 4.74 Å². The zero-order valence-corrected chi connectivity index (χ0v) is 13.0. The number of hydrogen-bond acceptors (Lipinski definition) is 3. The van der Waals surface area contributed by atoms with Crippen molar-refractivity contribution in [2.75, 3.05) is 6.61 Å². The van der Waals surface area contributed by atoms with Crippen LogP contribution in [0.25, 0.3) is 0 Å².